The highest BCUT2D eigenvalue weighted by Gasteiger charge is 2.55. The maximum atomic E-state index is 15.5. The number of hydrogen-bond acceptors (Lipinski definition) is 5. The predicted octanol–water partition coefficient (Wildman–Crippen LogP) is 5.55. The van der Waals surface area contributed by atoms with Crippen molar-refractivity contribution in [3.63, 3.8) is 0 Å². The minimum Gasteiger partial charge on any atom is -0.465 e. The summed E-state index contributed by atoms with van der Waals surface area (Å²) >= 11 is 12.1. The fourth-order valence-electron chi connectivity index (χ4n) is 4.42. The molecule has 2 heterocycles. The van der Waals surface area contributed by atoms with E-state index < -0.39 is 34.5 Å². The van der Waals surface area contributed by atoms with Crippen LogP contribution >= 0.6 is 23.2 Å². The first kappa shape index (κ1) is 24.5. The van der Waals surface area contributed by atoms with Gasteiger partial charge in [-0.25, -0.2) is 14.2 Å². The maximum Gasteiger partial charge on any atom is 0.413 e. The van der Waals surface area contributed by atoms with Crippen LogP contribution in [0.2, 0.25) is 10.0 Å². The molecule has 2 N–H and O–H groups in total. The van der Waals surface area contributed by atoms with Crippen LogP contribution in [-0.4, -0.2) is 40.1 Å². The number of nitrogens with zero attached hydrogens (tertiary/aromatic N) is 3. The molecule has 2 amide bonds. The van der Waals surface area contributed by atoms with E-state index in [2.05, 4.69) is 9.97 Å². The third-order valence-corrected chi connectivity index (χ3v) is 6.83. The summed E-state index contributed by atoms with van der Waals surface area (Å²) in [5, 5.41) is 8.85. The third-order valence-electron chi connectivity index (χ3n) is 6.05. The Hall–Kier alpha value is -4.15. The second-order valence-electron chi connectivity index (χ2n) is 8.25. The number of halogens is 3. The number of H-pyrrole nitrogens is 1. The first-order valence-corrected chi connectivity index (χ1v) is 11.6. The van der Waals surface area contributed by atoms with Gasteiger partial charge < -0.3 is 14.8 Å². The van der Waals surface area contributed by atoms with Crippen molar-refractivity contribution in [2.45, 2.75) is 12.6 Å². The molecule has 1 aliphatic heterocycles. The molecule has 3 aromatic carbocycles. The van der Waals surface area contributed by atoms with Gasteiger partial charge in [-0.2, -0.15) is 0 Å². The fraction of sp³-hybridized carbons (Fsp3) is 0.120. The lowest BCUT2D eigenvalue weighted by Crippen LogP contribution is -2.48. The Kier molecular flexibility index (Phi) is 5.81. The molecule has 9 nitrogen and oxygen atoms in total. The molecule has 0 bridgehead atoms. The highest BCUT2D eigenvalue weighted by Crippen LogP contribution is 2.49. The van der Waals surface area contributed by atoms with E-state index in [-0.39, 0.29) is 27.8 Å². The van der Waals surface area contributed by atoms with Crippen LogP contribution < -0.4 is 9.80 Å². The fourth-order valence-corrected chi connectivity index (χ4v) is 4.73. The number of fused-ring (bicyclic) bond motifs is 2. The largest absolute Gasteiger partial charge is 0.465 e. The minimum absolute atomic E-state index is 0.0523. The molecule has 0 spiro atoms. The zero-order valence-corrected chi connectivity index (χ0v) is 20.8. The highest BCUT2D eigenvalue weighted by atomic mass is 35.5. The number of ether oxygens (including phenoxy) is 1. The molecule has 188 valence electrons. The van der Waals surface area contributed by atoms with E-state index in [1.807, 2.05) is 0 Å². The standard InChI is InChI=1S/C25H17Cl2FN4O5/c1-12(33)37-25(13-7-9-17-18(11-13)30-23(29-17)31(2)24(35)36)15-6-4-3-5-14(15)22(34)32(25)19-10-8-16(26)20(27)21(19)28/h3-11H,1-2H3,(H,29,30)(H,35,36). The van der Waals surface area contributed by atoms with Gasteiger partial charge in [-0.1, -0.05) is 47.5 Å². The molecule has 5 rings (SSSR count). The number of anilines is 2. The number of esters is 1. The number of imidazole rings is 1. The third kappa shape index (κ3) is 3.68. The number of benzene rings is 3. The molecule has 0 saturated heterocycles. The molecule has 0 radical (unpaired) electrons. The summed E-state index contributed by atoms with van der Waals surface area (Å²) in [7, 11) is 1.32. The Bertz CT molecular complexity index is 1620. The van der Waals surface area contributed by atoms with E-state index >= 15 is 4.39 Å². The average Bonchev–Trinajstić information content (AvgIpc) is 3.40. The van der Waals surface area contributed by atoms with Gasteiger partial charge in [0.1, 0.15) is 0 Å². The molecule has 0 aliphatic carbocycles. The summed E-state index contributed by atoms with van der Waals surface area (Å²) in [6.45, 7) is 1.17. The number of rotatable bonds is 4. The van der Waals surface area contributed by atoms with Crippen molar-refractivity contribution in [2.24, 2.45) is 0 Å². The van der Waals surface area contributed by atoms with E-state index in [1.165, 1.54) is 26.1 Å². The van der Waals surface area contributed by atoms with Gasteiger partial charge in [0.05, 0.1) is 26.8 Å². The van der Waals surface area contributed by atoms with E-state index in [0.717, 1.165) is 9.80 Å². The molecule has 1 aliphatic rings. The molecule has 37 heavy (non-hydrogen) atoms. The van der Waals surface area contributed by atoms with Crippen molar-refractivity contribution in [3.05, 3.63) is 87.2 Å². The monoisotopic (exact) mass is 542 g/mol. The zero-order chi connectivity index (χ0) is 26.6. The van der Waals surface area contributed by atoms with E-state index in [4.69, 9.17) is 27.9 Å². The number of hydrogen-bond donors (Lipinski definition) is 2. The molecule has 0 fully saturated rings. The first-order chi connectivity index (χ1) is 17.6. The van der Waals surface area contributed by atoms with Crippen molar-refractivity contribution >= 4 is 63.8 Å². The van der Waals surface area contributed by atoms with Crippen LogP contribution in [0.4, 0.5) is 20.8 Å². The van der Waals surface area contributed by atoms with E-state index in [0.29, 0.717) is 16.6 Å². The Morgan fingerprint density at radius 1 is 1.16 bits per heavy atom. The van der Waals surface area contributed by atoms with Crippen LogP contribution in [0.3, 0.4) is 0 Å². The number of aromatic amines is 1. The molecule has 1 aromatic heterocycles. The number of carboxylic acid groups (broad SMARTS) is 1. The number of aromatic nitrogens is 2. The number of amides is 2. The molecule has 0 saturated carbocycles. The summed E-state index contributed by atoms with van der Waals surface area (Å²) in [6.07, 6.45) is -1.23. The lowest BCUT2D eigenvalue weighted by atomic mass is 9.92. The van der Waals surface area contributed by atoms with Gasteiger partial charge in [-0.15, -0.1) is 0 Å². The van der Waals surface area contributed by atoms with Crippen molar-refractivity contribution in [1.82, 2.24) is 9.97 Å². The molecular formula is C25H17Cl2FN4O5. The SMILES string of the molecule is CC(=O)OC1(c2ccc3nc(N(C)C(=O)O)[nH]c3c2)c2ccccc2C(=O)N1c1ccc(Cl)c(Cl)c1F. The number of carbonyl (C=O) groups excluding carboxylic acids is 2. The van der Waals surface area contributed by atoms with Crippen LogP contribution in [0.15, 0.2) is 54.6 Å². The molecular weight excluding hydrogens is 526 g/mol. The van der Waals surface area contributed by atoms with Crippen LogP contribution in [0.1, 0.15) is 28.4 Å². The van der Waals surface area contributed by atoms with Gasteiger partial charge in [0.25, 0.3) is 5.91 Å². The predicted molar refractivity (Wildman–Crippen MR) is 135 cm³/mol. The zero-order valence-electron chi connectivity index (χ0n) is 19.3. The summed E-state index contributed by atoms with van der Waals surface area (Å²) in [6, 6.07) is 13.7. The summed E-state index contributed by atoms with van der Waals surface area (Å²) in [5.41, 5.74) is -0.642. The summed E-state index contributed by atoms with van der Waals surface area (Å²) in [4.78, 5) is 46.7. The van der Waals surface area contributed by atoms with Crippen molar-refractivity contribution in [2.75, 3.05) is 16.8 Å². The molecule has 12 heteroatoms. The lowest BCUT2D eigenvalue weighted by Gasteiger charge is -2.38. The van der Waals surface area contributed by atoms with E-state index in [1.54, 1.807) is 42.5 Å². The second-order valence-corrected chi connectivity index (χ2v) is 9.04. The average molecular weight is 543 g/mol. The first-order valence-electron chi connectivity index (χ1n) is 10.8. The molecule has 4 aromatic rings. The topological polar surface area (TPSA) is 116 Å². The van der Waals surface area contributed by atoms with Gasteiger partial charge in [-0.3, -0.25) is 19.4 Å². The normalized spacial score (nSPS) is 16.7. The minimum atomic E-state index is -1.93. The second kappa shape index (κ2) is 8.75. The van der Waals surface area contributed by atoms with Crippen molar-refractivity contribution in [3.8, 4) is 0 Å². The van der Waals surface area contributed by atoms with Gasteiger partial charge in [-0.05, 0) is 30.3 Å². The van der Waals surface area contributed by atoms with Crippen molar-refractivity contribution in [1.29, 1.82) is 0 Å². The maximum absolute atomic E-state index is 15.5. The van der Waals surface area contributed by atoms with Crippen LogP contribution in [-0.2, 0) is 15.3 Å². The van der Waals surface area contributed by atoms with Crippen molar-refractivity contribution < 1.29 is 28.6 Å². The van der Waals surface area contributed by atoms with Gasteiger partial charge in [0, 0.05) is 30.7 Å². The Labute approximate surface area is 219 Å². The number of nitrogens with one attached hydrogen (secondary N) is 1. The molecule has 1 unspecified atom stereocenters. The highest BCUT2D eigenvalue weighted by molar-refractivity contribution is 6.42. The van der Waals surface area contributed by atoms with Crippen LogP contribution in [0, 0.1) is 5.82 Å². The lowest BCUT2D eigenvalue weighted by molar-refractivity contribution is -0.153. The Balaban J connectivity index is 1.82. The smallest absolute Gasteiger partial charge is 0.413 e. The Morgan fingerprint density at radius 2 is 1.89 bits per heavy atom. The van der Waals surface area contributed by atoms with Crippen LogP contribution in [0.5, 0.6) is 0 Å². The van der Waals surface area contributed by atoms with Gasteiger partial charge >= 0.3 is 12.1 Å². The van der Waals surface area contributed by atoms with Gasteiger partial charge in [0.15, 0.2) is 5.82 Å². The quantitative estimate of drug-likeness (QED) is 0.258. The van der Waals surface area contributed by atoms with Crippen LogP contribution in [0.25, 0.3) is 11.0 Å². The summed E-state index contributed by atoms with van der Waals surface area (Å²) in [5.74, 6) is -2.30. The summed E-state index contributed by atoms with van der Waals surface area (Å²) < 4.78 is 21.4. The van der Waals surface area contributed by atoms with E-state index in [9.17, 15) is 19.5 Å². The number of carbonyl (C=O) groups is 3. The Morgan fingerprint density at radius 3 is 2.59 bits per heavy atom. The molecule has 1 atom stereocenters. The van der Waals surface area contributed by atoms with Gasteiger partial charge in [0.2, 0.25) is 11.7 Å².